The number of phenols is 1. The summed E-state index contributed by atoms with van der Waals surface area (Å²) in [5.41, 5.74) is 19.2. The van der Waals surface area contributed by atoms with Crippen LogP contribution in [0.25, 0.3) is 84.0 Å². The van der Waals surface area contributed by atoms with E-state index in [0.29, 0.717) is 0 Å². The van der Waals surface area contributed by atoms with Gasteiger partial charge < -0.3 is 5.11 Å². The topological polar surface area (TPSA) is 50.9 Å². The van der Waals surface area contributed by atoms with Gasteiger partial charge in [0.05, 0.1) is 22.4 Å². The third-order valence-electron chi connectivity index (χ3n) is 11.3. The third-order valence-corrected chi connectivity index (χ3v) is 11.3. The van der Waals surface area contributed by atoms with Gasteiger partial charge in [-0.05, 0) is 112 Å². The molecular formula is C52H39N3O. The highest BCUT2D eigenvalue weighted by Crippen LogP contribution is 2.44. The van der Waals surface area contributed by atoms with Crippen molar-refractivity contribution in [1.82, 2.24) is 14.5 Å². The van der Waals surface area contributed by atoms with Crippen LogP contribution in [0.5, 0.6) is 5.75 Å². The van der Waals surface area contributed by atoms with Gasteiger partial charge in [0.2, 0.25) is 0 Å². The molecule has 1 N–H and O–H groups in total. The first-order valence-corrected chi connectivity index (χ1v) is 19.3. The van der Waals surface area contributed by atoms with Gasteiger partial charge in [-0.3, -0.25) is 4.57 Å². The summed E-state index contributed by atoms with van der Waals surface area (Å²) >= 11 is 0. The quantitative estimate of drug-likeness (QED) is 0.186. The van der Waals surface area contributed by atoms with Gasteiger partial charge in [-0.25, -0.2) is 9.97 Å². The molecule has 1 aliphatic carbocycles. The number of para-hydroxylation sites is 2. The Labute approximate surface area is 327 Å². The number of aromatic hydroxyl groups is 1. The van der Waals surface area contributed by atoms with Crippen molar-refractivity contribution >= 4 is 11.0 Å². The second-order valence-electron chi connectivity index (χ2n) is 14.7. The van der Waals surface area contributed by atoms with Gasteiger partial charge in [0.1, 0.15) is 11.4 Å². The van der Waals surface area contributed by atoms with E-state index in [0.717, 1.165) is 91.3 Å². The van der Waals surface area contributed by atoms with Crippen LogP contribution in [0.15, 0.2) is 170 Å². The van der Waals surface area contributed by atoms with Crippen LogP contribution in [-0.2, 0) is 12.8 Å². The first-order valence-electron chi connectivity index (χ1n) is 19.3. The molecule has 0 aliphatic heterocycles. The van der Waals surface area contributed by atoms with E-state index in [1.807, 2.05) is 6.07 Å². The lowest BCUT2D eigenvalue weighted by Crippen LogP contribution is -2.08. The average Bonchev–Trinajstić information content (AvgIpc) is 3.63. The van der Waals surface area contributed by atoms with E-state index in [1.165, 1.54) is 27.8 Å². The van der Waals surface area contributed by atoms with Crippen LogP contribution < -0.4 is 0 Å². The summed E-state index contributed by atoms with van der Waals surface area (Å²) in [5.74, 6) is 1.04. The molecule has 0 atom stereocenters. The Morgan fingerprint density at radius 3 is 1.80 bits per heavy atom. The van der Waals surface area contributed by atoms with Crippen LogP contribution >= 0.6 is 0 Å². The molecule has 1 aliphatic rings. The number of pyridine rings is 1. The minimum absolute atomic E-state index is 0.266. The van der Waals surface area contributed by atoms with Gasteiger partial charge in [-0.15, -0.1) is 0 Å². The fraction of sp³-hybridized carbons (Fsp3) is 0.0769. The maximum atomic E-state index is 11.1. The smallest absolute Gasteiger partial charge is 0.164 e. The summed E-state index contributed by atoms with van der Waals surface area (Å²) in [7, 11) is 0. The van der Waals surface area contributed by atoms with Crippen LogP contribution in [0, 0.1) is 13.8 Å². The highest BCUT2D eigenvalue weighted by atomic mass is 16.3. The van der Waals surface area contributed by atoms with Crippen LogP contribution in [0.3, 0.4) is 0 Å². The zero-order valence-electron chi connectivity index (χ0n) is 31.4. The highest BCUT2D eigenvalue weighted by molar-refractivity contribution is 5.99. The lowest BCUT2D eigenvalue weighted by molar-refractivity contribution is 0.476. The Bertz CT molecular complexity index is 2870. The van der Waals surface area contributed by atoms with Crippen molar-refractivity contribution in [3.63, 3.8) is 0 Å². The normalized spacial score (nSPS) is 12.0. The van der Waals surface area contributed by atoms with Gasteiger partial charge in [0.25, 0.3) is 0 Å². The summed E-state index contributed by atoms with van der Waals surface area (Å²) in [6, 6.07) is 59.8. The van der Waals surface area contributed by atoms with Crippen LogP contribution in [0.2, 0.25) is 0 Å². The Balaban J connectivity index is 1.20. The monoisotopic (exact) mass is 721 g/mol. The maximum absolute atomic E-state index is 11.1. The number of hydrogen-bond acceptors (Lipinski definition) is 3. The van der Waals surface area contributed by atoms with E-state index in [2.05, 4.69) is 176 Å². The van der Waals surface area contributed by atoms with Crippen molar-refractivity contribution in [2.45, 2.75) is 26.7 Å². The number of hydrogen-bond donors (Lipinski definition) is 1. The number of aryl methyl sites for hydroxylation is 4. The van der Waals surface area contributed by atoms with Gasteiger partial charge >= 0.3 is 0 Å². The van der Waals surface area contributed by atoms with Crippen molar-refractivity contribution in [2.75, 3.05) is 0 Å². The molecule has 0 bridgehead atoms. The molecule has 0 unspecified atom stereocenters. The van der Waals surface area contributed by atoms with Crippen molar-refractivity contribution in [1.29, 1.82) is 0 Å². The summed E-state index contributed by atoms with van der Waals surface area (Å²) in [6.07, 6.45) is 1.76. The largest absolute Gasteiger partial charge is 0.507 e. The number of imidazole rings is 1. The fourth-order valence-corrected chi connectivity index (χ4v) is 8.68. The van der Waals surface area contributed by atoms with Crippen LogP contribution in [-0.4, -0.2) is 19.6 Å². The van der Waals surface area contributed by atoms with E-state index in [-0.39, 0.29) is 5.75 Å². The summed E-state index contributed by atoms with van der Waals surface area (Å²) in [6.45, 7) is 4.32. The number of rotatable bonds is 6. The van der Waals surface area contributed by atoms with Crippen molar-refractivity contribution in [2.24, 2.45) is 0 Å². The predicted molar refractivity (Wildman–Crippen MR) is 230 cm³/mol. The zero-order chi connectivity index (χ0) is 37.8. The zero-order valence-corrected chi connectivity index (χ0v) is 31.4. The van der Waals surface area contributed by atoms with Gasteiger partial charge in [0.15, 0.2) is 5.82 Å². The lowest BCUT2D eigenvalue weighted by Gasteiger charge is -2.21. The maximum Gasteiger partial charge on any atom is 0.164 e. The van der Waals surface area contributed by atoms with E-state index in [9.17, 15) is 5.11 Å². The molecule has 268 valence electrons. The van der Waals surface area contributed by atoms with Crippen LogP contribution in [0.1, 0.15) is 22.3 Å². The number of fused-ring (bicyclic) bond motifs is 4. The van der Waals surface area contributed by atoms with Crippen molar-refractivity contribution in [3.05, 3.63) is 192 Å². The SMILES string of the molecule is Cc1cccc(C)c1-n1c(-c2ccc3c(n2)-c2c(O)cccc2CC3)nc2c(-c3cccc(-c4c(-c5ccccc5)cccc4-c4ccccc4)c3)cccc21. The second kappa shape index (κ2) is 13.7. The molecule has 4 nitrogen and oxygen atoms in total. The number of aromatic nitrogens is 3. The van der Waals surface area contributed by atoms with E-state index in [4.69, 9.17) is 9.97 Å². The molecule has 0 saturated heterocycles. The number of benzene rings is 7. The summed E-state index contributed by atoms with van der Waals surface area (Å²) < 4.78 is 2.29. The molecule has 4 heteroatoms. The molecule has 2 aromatic heterocycles. The summed E-state index contributed by atoms with van der Waals surface area (Å²) in [5, 5.41) is 11.1. The molecule has 9 aromatic rings. The minimum Gasteiger partial charge on any atom is -0.507 e. The van der Waals surface area contributed by atoms with E-state index >= 15 is 0 Å². The number of nitrogens with zero attached hydrogens (tertiary/aromatic N) is 3. The third kappa shape index (κ3) is 5.61. The van der Waals surface area contributed by atoms with Gasteiger partial charge in [-0.2, -0.15) is 0 Å². The second-order valence-corrected chi connectivity index (χ2v) is 14.7. The van der Waals surface area contributed by atoms with E-state index in [1.54, 1.807) is 6.07 Å². The predicted octanol–water partition coefficient (Wildman–Crippen LogP) is 12.8. The molecule has 7 aromatic carbocycles. The molecule has 56 heavy (non-hydrogen) atoms. The first-order chi connectivity index (χ1) is 27.5. The molecule has 0 radical (unpaired) electrons. The molecule has 2 heterocycles. The highest BCUT2D eigenvalue weighted by Gasteiger charge is 2.25. The first kappa shape index (κ1) is 33.5. The Morgan fingerprint density at radius 1 is 0.482 bits per heavy atom. The molecule has 0 saturated carbocycles. The molecule has 0 fully saturated rings. The average molecular weight is 722 g/mol. The minimum atomic E-state index is 0.266. The molecular weight excluding hydrogens is 683 g/mol. The number of phenolic OH excluding ortho intramolecular Hbond substituents is 1. The Kier molecular flexibility index (Phi) is 8.18. The van der Waals surface area contributed by atoms with Crippen LogP contribution in [0.4, 0.5) is 0 Å². The molecule has 0 amide bonds. The van der Waals surface area contributed by atoms with Crippen molar-refractivity contribution in [3.8, 4) is 78.7 Å². The van der Waals surface area contributed by atoms with Gasteiger partial charge in [-0.1, -0.05) is 146 Å². The Morgan fingerprint density at radius 2 is 1.07 bits per heavy atom. The van der Waals surface area contributed by atoms with Crippen molar-refractivity contribution < 1.29 is 5.11 Å². The Hall–Kier alpha value is -7.04. The summed E-state index contributed by atoms with van der Waals surface area (Å²) in [4.78, 5) is 10.8. The molecule has 0 spiro atoms. The lowest BCUT2D eigenvalue weighted by atomic mass is 9.86. The van der Waals surface area contributed by atoms with Gasteiger partial charge in [0, 0.05) is 11.1 Å². The fourth-order valence-electron chi connectivity index (χ4n) is 8.68. The van der Waals surface area contributed by atoms with E-state index < -0.39 is 0 Å². The molecule has 10 rings (SSSR count). The standard InChI is InChI=1S/C52H39N3O/c1-33-14-9-15-34(2)51(33)55-45-26-13-25-43(50(45)54-52(55)44-31-30-38-29-28-37-20-11-27-46(56)48(37)49(38)53-44)39-21-10-22-40(32-39)47-41(35-16-5-3-6-17-35)23-12-24-42(47)36-18-7-4-8-19-36/h3-27,30-32,56H,28-29H2,1-2H3.